The number of aromatic nitrogens is 2. The van der Waals surface area contributed by atoms with Gasteiger partial charge in [0.25, 0.3) is 0 Å². The molecular weight excluding hydrogens is 238 g/mol. The third kappa shape index (κ3) is 2.69. The zero-order valence-electron chi connectivity index (χ0n) is 10.2. The van der Waals surface area contributed by atoms with E-state index in [0.717, 1.165) is 0 Å². The Morgan fingerprint density at radius 3 is 3.17 bits per heavy atom. The lowest BCUT2D eigenvalue weighted by atomic mass is 10.2. The molecule has 0 spiro atoms. The number of hydrogen-bond acceptors (Lipinski definition) is 6. The van der Waals surface area contributed by atoms with Crippen LogP contribution in [0.15, 0.2) is 17.1 Å². The molecule has 0 radical (unpaired) electrons. The third-order valence-corrected chi connectivity index (χ3v) is 2.85. The fourth-order valence-corrected chi connectivity index (χ4v) is 1.91. The Balaban J connectivity index is 2.09. The first-order chi connectivity index (χ1) is 8.61. The molecule has 1 aliphatic rings. The molecule has 1 aromatic heterocycles. The van der Waals surface area contributed by atoms with Crippen molar-refractivity contribution in [1.29, 1.82) is 0 Å². The number of hydrogen-bond donors (Lipinski definition) is 2. The van der Waals surface area contributed by atoms with E-state index in [1.54, 1.807) is 0 Å². The number of aliphatic hydroxyl groups is 1. The van der Waals surface area contributed by atoms with E-state index in [1.807, 2.05) is 6.92 Å². The molecule has 1 saturated heterocycles. The van der Waals surface area contributed by atoms with Crippen LogP contribution in [0.5, 0.6) is 0 Å². The average molecular weight is 255 g/mol. The van der Waals surface area contributed by atoms with Crippen molar-refractivity contribution in [2.75, 3.05) is 18.9 Å². The number of nitrogens with zero attached hydrogens (tertiary/aromatic N) is 2. The maximum atomic E-state index is 11.6. The standard InChI is InChI=1S/C11H17N3O4/c1-2-17-6-8-7(15)5-10(18-8)14-4-3-9(12)13-11(14)16/h3-4,7-8,10,15H,2,5-6H2,1H3,(H2,12,13,16). The molecule has 100 valence electrons. The van der Waals surface area contributed by atoms with Crippen LogP contribution in [-0.4, -0.2) is 40.1 Å². The minimum absolute atomic E-state index is 0.167. The van der Waals surface area contributed by atoms with Crippen molar-refractivity contribution in [3.05, 3.63) is 22.7 Å². The van der Waals surface area contributed by atoms with Crippen LogP contribution in [0, 0.1) is 0 Å². The Hall–Kier alpha value is -1.44. The highest BCUT2D eigenvalue weighted by atomic mass is 16.6. The number of ether oxygens (including phenoxy) is 2. The molecule has 18 heavy (non-hydrogen) atoms. The number of anilines is 1. The molecule has 1 aliphatic heterocycles. The minimum atomic E-state index is -0.647. The monoisotopic (exact) mass is 255 g/mol. The van der Waals surface area contributed by atoms with E-state index in [2.05, 4.69) is 4.98 Å². The first kappa shape index (κ1) is 13.0. The van der Waals surface area contributed by atoms with Gasteiger partial charge in [0.15, 0.2) is 0 Å². The van der Waals surface area contributed by atoms with Crippen LogP contribution in [0.2, 0.25) is 0 Å². The van der Waals surface area contributed by atoms with Crippen molar-refractivity contribution in [2.24, 2.45) is 0 Å². The SMILES string of the molecule is CCOCC1OC(n2ccc(N)nc2=O)CC1O. The van der Waals surface area contributed by atoms with Crippen LogP contribution in [-0.2, 0) is 9.47 Å². The maximum absolute atomic E-state index is 11.6. The first-order valence-corrected chi connectivity index (χ1v) is 5.87. The van der Waals surface area contributed by atoms with Crippen molar-refractivity contribution >= 4 is 5.82 Å². The second-order valence-electron chi connectivity index (χ2n) is 4.13. The molecule has 7 heteroatoms. The zero-order valence-corrected chi connectivity index (χ0v) is 10.2. The van der Waals surface area contributed by atoms with Crippen LogP contribution in [0.1, 0.15) is 19.6 Å². The normalized spacial score (nSPS) is 27.6. The van der Waals surface area contributed by atoms with Crippen molar-refractivity contribution in [3.8, 4) is 0 Å². The maximum Gasteiger partial charge on any atom is 0.351 e. The lowest BCUT2D eigenvalue weighted by Crippen LogP contribution is -2.28. The first-order valence-electron chi connectivity index (χ1n) is 5.87. The van der Waals surface area contributed by atoms with Crippen molar-refractivity contribution in [2.45, 2.75) is 31.8 Å². The summed E-state index contributed by atoms with van der Waals surface area (Å²) in [5, 5.41) is 9.83. The summed E-state index contributed by atoms with van der Waals surface area (Å²) >= 11 is 0. The summed E-state index contributed by atoms with van der Waals surface area (Å²) in [4.78, 5) is 15.3. The second-order valence-corrected chi connectivity index (χ2v) is 4.13. The highest BCUT2D eigenvalue weighted by Crippen LogP contribution is 2.27. The molecular formula is C11H17N3O4. The molecule has 1 fully saturated rings. The fourth-order valence-electron chi connectivity index (χ4n) is 1.91. The average Bonchev–Trinajstić information content (AvgIpc) is 2.68. The number of aliphatic hydroxyl groups excluding tert-OH is 1. The zero-order chi connectivity index (χ0) is 13.1. The quantitative estimate of drug-likeness (QED) is 0.753. The fraction of sp³-hybridized carbons (Fsp3) is 0.636. The van der Waals surface area contributed by atoms with Crippen LogP contribution in [0.25, 0.3) is 0 Å². The molecule has 1 aromatic rings. The minimum Gasteiger partial charge on any atom is -0.390 e. The largest absolute Gasteiger partial charge is 0.390 e. The molecule has 0 bridgehead atoms. The molecule has 0 aliphatic carbocycles. The van der Waals surface area contributed by atoms with E-state index in [9.17, 15) is 9.90 Å². The Morgan fingerprint density at radius 1 is 1.72 bits per heavy atom. The van der Waals surface area contributed by atoms with Crippen LogP contribution >= 0.6 is 0 Å². The van der Waals surface area contributed by atoms with Gasteiger partial charge in [-0.05, 0) is 13.0 Å². The summed E-state index contributed by atoms with van der Waals surface area (Å²) in [6.45, 7) is 2.74. The van der Waals surface area contributed by atoms with E-state index < -0.39 is 24.1 Å². The Labute approximate surface area is 104 Å². The molecule has 0 saturated carbocycles. The van der Waals surface area contributed by atoms with E-state index in [0.29, 0.717) is 19.6 Å². The summed E-state index contributed by atoms with van der Waals surface area (Å²) in [6, 6.07) is 1.52. The van der Waals surface area contributed by atoms with Gasteiger partial charge in [-0.2, -0.15) is 4.98 Å². The van der Waals surface area contributed by atoms with Gasteiger partial charge in [-0.1, -0.05) is 0 Å². The molecule has 3 unspecified atom stereocenters. The second kappa shape index (κ2) is 5.47. The predicted molar refractivity (Wildman–Crippen MR) is 63.9 cm³/mol. The lowest BCUT2D eigenvalue weighted by molar-refractivity contribution is -0.0616. The van der Waals surface area contributed by atoms with Crippen LogP contribution < -0.4 is 11.4 Å². The van der Waals surface area contributed by atoms with Gasteiger partial charge in [0.2, 0.25) is 0 Å². The Bertz CT molecular complexity index is 462. The summed E-state index contributed by atoms with van der Waals surface area (Å²) in [7, 11) is 0. The molecule has 2 rings (SSSR count). The van der Waals surface area contributed by atoms with Crippen LogP contribution in [0.4, 0.5) is 5.82 Å². The predicted octanol–water partition coefficient (Wildman–Crippen LogP) is -0.490. The summed E-state index contributed by atoms with van der Waals surface area (Å²) in [6.07, 6.45) is 0.269. The number of rotatable bonds is 4. The lowest BCUT2D eigenvalue weighted by Gasteiger charge is -2.15. The smallest absolute Gasteiger partial charge is 0.351 e. The van der Waals surface area contributed by atoms with Crippen molar-refractivity contribution < 1.29 is 14.6 Å². The summed E-state index contributed by atoms with van der Waals surface area (Å²) < 4.78 is 12.1. The molecule has 7 nitrogen and oxygen atoms in total. The third-order valence-electron chi connectivity index (χ3n) is 2.85. The highest BCUT2D eigenvalue weighted by Gasteiger charge is 2.35. The van der Waals surface area contributed by atoms with Gasteiger partial charge in [0.1, 0.15) is 18.1 Å². The van der Waals surface area contributed by atoms with Gasteiger partial charge in [0.05, 0.1) is 12.7 Å². The molecule has 3 N–H and O–H groups in total. The van der Waals surface area contributed by atoms with Gasteiger partial charge in [-0.15, -0.1) is 0 Å². The van der Waals surface area contributed by atoms with E-state index in [-0.39, 0.29) is 5.82 Å². The summed E-state index contributed by atoms with van der Waals surface area (Å²) in [5.74, 6) is 0.167. The molecule has 3 atom stereocenters. The topological polar surface area (TPSA) is 99.6 Å². The van der Waals surface area contributed by atoms with Gasteiger partial charge >= 0.3 is 5.69 Å². The Kier molecular flexibility index (Phi) is 3.95. The number of nitrogen functional groups attached to an aromatic ring is 1. The summed E-state index contributed by atoms with van der Waals surface area (Å²) in [5.41, 5.74) is 4.93. The van der Waals surface area contributed by atoms with Crippen molar-refractivity contribution in [3.63, 3.8) is 0 Å². The van der Waals surface area contributed by atoms with Gasteiger partial charge in [0, 0.05) is 19.2 Å². The highest BCUT2D eigenvalue weighted by molar-refractivity contribution is 5.23. The van der Waals surface area contributed by atoms with E-state index >= 15 is 0 Å². The Morgan fingerprint density at radius 2 is 2.50 bits per heavy atom. The van der Waals surface area contributed by atoms with Gasteiger partial charge in [-0.3, -0.25) is 4.57 Å². The van der Waals surface area contributed by atoms with Gasteiger partial charge < -0.3 is 20.3 Å². The van der Waals surface area contributed by atoms with Gasteiger partial charge in [-0.25, -0.2) is 4.79 Å². The molecule has 0 aromatic carbocycles. The van der Waals surface area contributed by atoms with Crippen LogP contribution in [0.3, 0.4) is 0 Å². The number of nitrogens with two attached hydrogens (primary N) is 1. The van der Waals surface area contributed by atoms with Crippen molar-refractivity contribution in [1.82, 2.24) is 9.55 Å². The van der Waals surface area contributed by atoms with E-state index in [1.165, 1.54) is 16.8 Å². The molecule has 2 heterocycles. The molecule has 0 amide bonds. The van der Waals surface area contributed by atoms with E-state index in [4.69, 9.17) is 15.2 Å².